The van der Waals surface area contributed by atoms with Gasteiger partial charge < -0.3 is 9.88 Å². The Bertz CT molecular complexity index is 1200. The second kappa shape index (κ2) is 9.53. The summed E-state index contributed by atoms with van der Waals surface area (Å²) >= 11 is 5.93. The van der Waals surface area contributed by atoms with Crippen LogP contribution in [0.2, 0.25) is 5.02 Å². The van der Waals surface area contributed by atoms with Crippen molar-refractivity contribution in [2.75, 3.05) is 6.54 Å². The Kier molecular flexibility index (Phi) is 6.38. The standard InChI is InChI=1S/C24H21ClN4O2/c25-19-11-9-17(10-12-19)22(30)16-29-21-7-2-1-6-20(21)28-23(29)8-4-14-27-24(31)18-5-3-13-26-15-18/h1-3,5-7,9-13,15H,4,8,14,16H2,(H,27,31). The number of nitrogens with one attached hydrogen (secondary N) is 1. The van der Waals surface area contributed by atoms with Crippen LogP contribution in [0.5, 0.6) is 0 Å². The minimum atomic E-state index is -0.153. The number of aromatic nitrogens is 3. The number of carbonyl (C=O) groups is 2. The van der Waals surface area contributed by atoms with E-state index in [9.17, 15) is 9.59 Å². The maximum Gasteiger partial charge on any atom is 0.252 e. The van der Waals surface area contributed by atoms with Gasteiger partial charge in [-0.3, -0.25) is 14.6 Å². The van der Waals surface area contributed by atoms with Crippen molar-refractivity contribution in [2.24, 2.45) is 0 Å². The van der Waals surface area contributed by atoms with E-state index in [1.165, 1.54) is 6.20 Å². The number of ketones is 1. The lowest BCUT2D eigenvalue weighted by atomic mass is 10.1. The van der Waals surface area contributed by atoms with Crippen LogP contribution in [-0.2, 0) is 13.0 Å². The van der Waals surface area contributed by atoms with Crippen LogP contribution < -0.4 is 5.32 Å². The lowest BCUT2D eigenvalue weighted by molar-refractivity contribution is 0.0951. The van der Waals surface area contributed by atoms with Gasteiger partial charge in [0.1, 0.15) is 5.82 Å². The summed E-state index contributed by atoms with van der Waals surface area (Å²) in [6.45, 7) is 0.696. The Morgan fingerprint density at radius 3 is 2.55 bits per heavy atom. The number of benzene rings is 2. The van der Waals surface area contributed by atoms with Crippen molar-refractivity contribution in [3.63, 3.8) is 0 Å². The predicted octanol–water partition coefficient (Wildman–Crippen LogP) is 4.33. The van der Waals surface area contributed by atoms with E-state index in [1.807, 2.05) is 28.8 Å². The zero-order chi connectivity index (χ0) is 21.6. The van der Waals surface area contributed by atoms with Gasteiger partial charge in [-0.15, -0.1) is 0 Å². The third-order valence-electron chi connectivity index (χ3n) is 4.99. The molecule has 0 fully saturated rings. The summed E-state index contributed by atoms with van der Waals surface area (Å²) in [4.78, 5) is 33.7. The number of carbonyl (C=O) groups excluding carboxylic acids is 2. The minimum absolute atomic E-state index is 0.00838. The van der Waals surface area contributed by atoms with E-state index < -0.39 is 0 Å². The molecule has 0 atom stereocenters. The number of fused-ring (bicyclic) bond motifs is 1. The maximum absolute atomic E-state index is 12.8. The van der Waals surface area contributed by atoms with Crippen LogP contribution in [0.25, 0.3) is 11.0 Å². The van der Waals surface area contributed by atoms with E-state index >= 15 is 0 Å². The van der Waals surface area contributed by atoms with Gasteiger partial charge in [-0.25, -0.2) is 4.98 Å². The van der Waals surface area contributed by atoms with Gasteiger partial charge in [-0.1, -0.05) is 23.7 Å². The van der Waals surface area contributed by atoms with Crippen LogP contribution in [0.15, 0.2) is 73.1 Å². The summed E-state index contributed by atoms with van der Waals surface area (Å²) in [5.74, 6) is 0.657. The quantitative estimate of drug-likeness (QED) is 0.332. The molecule has 1 N–H and O–H groups in total. The monoisotopic (exact) mass is 432 g/mol. The molecule has 2 aromatic carbocycles. The fourth-order valence-electron chi connectivity index (χ4n) is 3.41. The van der Waals surface area contributed by atoms with Crippen LogP contribution in [-0.4, -0.2) is 32.8 Å². The first kappa shape index (κ1) is 20.8. The van der Waals surface area contributed by atoms with Crippen molar-refractivity contribution in [1.29, 1.82) is 0 Å². The molecule has 0 spiro atoms. The number of rotatable bonds is 8. The summed E-state index contributed by atoms with van der Waals surface area (Å²) in [5.41, 5.74) is 2.90. The molecule has 0 aliphatic rings. The highest BCUT2D eigenvalue weighted by Crippen LogP contribution is 2.19. The predicted molar refractivity (Wildman–Crippen MR) is 120 cm³/mol. The SMILES string of the molecule is O=C(Cn1c(CCCNC(=O)c2cccnc2)nc2ccccc21)c1ccc(Cl)cc1. The second-order valence-corrected chi connectivity index (χ2v) is 7.57. The molecule has 0 radical (unpaired) electrons. The number of para-hydroxylation sites is 2. The Hall–Kier alpha value is -3.51. The van der Waals surface area contributed by atoms with E-state index in [2.05, 4.69) is 10.3 Å². The first-order chi connectivity index (χ1) is 15.1. The largest absolute Gasteiger partial charge is 0.352 e. The van der Waals surface area contributed by atoms with Gasteiger partial charge in [0, 0.05) is 35.9 Å². The van der Waals surface area contributed by atoms with Crippen LogP contribution in [0.4, 0.5) is 0 Å². The molecule has 2 heterocycles. The van der Waals surface area contributed by atoms with Crippen molar-refractivity contribution in [3.05, 3.63) is 95.0 Å². The van der Waals surface area contributed by atoms with Gasteiger partial charge >= 0.3 is 0 Å². The van der Waals surface area contributed by atoms with E-state index in [1.54, 1.807) is 42.6 Å². The first-order valence-corrected chi connectivity index (χ1v) is 10.4. The Morgan fingerprint density at radius 1 is 0.968 bits per heavy atom. The van der Waals surface area contributed by atoms with Gasteiger partial charge in [0.05, 0.1) is 23.1 Å². The van der Waals surface area contributed by atoms with Gasteiger partial charge in [0.2, 0.25) is 0 Å². The smallest absolute Gasteiger partial charge is 0.252 e. The number of nitrogens with zero attached hydrogens (tertiary/aromatic N) is 3. The molecule has 0 unspecified atom stereocenters. The summed E-state index contributed by atoms with van der Waals surface area (Å²) in [6, 6.07) is 18.1. The number of pyridine rings is 1. The Balaban J connectivity index is 1.45. The molecule has 0 saturated heterocycles. The van der Waals surface area contributed by atoms with Gasteiger partial charge in [0.15, 0.2) is 5.78 Å². The zero-order valence-corrected chi connectivity index (χ0v) is 17.5. The number of imidazole rings is 1. The number of Topliss-reactive ketones (excluding diaryl/α,β-unsaturated/α-hetero) is 1. The van der Waals surface area contributed by atoms with E-state index in [0.717, 1.165) is 16.9 Å². The average molecular weight is 433 g/mol. The van der Waals surface area contributed by atoms with Gasteiger partial charge in [-0.2, -0.15) is 0 Å². The van der Waals surface area contributed by atoms with Crippen molar-refractivity contribution < 1.29 is 9.59 Å². The van der Waals surface area contributed by atoms with Crippen molar-refractivity contribution in [2.45, 2.75) is 19.4 Å². The average Bonchev–Trinajstić information content (AvgIpc) is 3.15. The van der Waals surface area contributed by atoms with Crippen molar-refractivity contribution >= 4 is 34.3 Å². The summed E-state index contributed by atoms with van der Waals surface area (Å²) in [7, 11) is 0. The molecular weight excluding hydrogens is 412 g/mol. The summed E-state index contributed by atoms with van der Waals surface area (Å²) < 4.78 is 1.95. The molecule has 4 aromatic rings. The third-order valence-corrected chi connectivity index (χ3v) is 5.24. The minimum Gasteiger partial charge on any atom is -0.352 e. The number of hydrogen-bond acceptors (Lipinski definition) is 4. The zero-order valence-electron chi connectivity index (χ0n) is 16.8. The first-order valence-electron chi connectivity index (χ1n) is 10.0. The number of amides is 1. The highest BCUT2D eigenvalue weighted by molar-refractivity contribution is 6.30. The lowest BCUT2D eigenvalue weighted by Gasteiger charge is -2.10. The van der Waals surface area contributed by atoms with Crippen molar-refractivity contribution in [3.8, 4) is 0 Å². The fourth-order valence-corrected chi connectivity index (χ4v) is 3.54. The maximum atomic E-state index is 12.8. The molecule has 7 heteroatoms. The Morgan fingerprint density at radius 2 is 1.77 bits per heavy atom. The fraction of sp³-hybridized carbons (Fsp3) is 0.167. The molecule has 1 amide bonds. The Labute approximate surface area is 184 Å². The van der Waals surface area contributed by atoms with Crippen LogP contribution in [0.1, 0.15) is 33.0 Å². The number of hydrogen-bond donors (Lipinski definition) is 1. The van der Waals surface area contributed by atoms with Crippen molar-refractivity contribution in [1.82, 2.24) is 19.9 Å². The molecule has 31 heavy (non-hydrogen) atoms. The molecule has 156 valence electrons. The molecule has 4 rings (SSSR count). The second-order valence-electron chi connectivity index (χ2n) is 7.13. The summed E-state index contributed by atoms with van der Waals surface area (Å²) in [5, 5.41) is 3.49. The third kappa shape index (κ3) is 4.98. The summed E-state index contributed by atoms with van der Waals surface area (Å²) in [6.07, 6.45) is 4.50. The molecule has 0 aliphatic heterocycles. The molecular formula is C24H21ClN4O2. The highest BCUT2D eigenvalue weighted by Gasteiger charge is 2.15. The molecule has 0 bridgehead atoms. The van der Waals surface area contributed by atoms with E-state index in [4.69, 9.17) is 16.6 Å². The lowest BCUT2D eigenvalue weighted by Crippen LogP contribution is -2.25. The normalized spacial score (nSPS) is 10.9. The molecule has 6 nitrogen and oxygen atoms in total. The molecule has 0 saturated carbocycles. The number of halogens is 1. The van der Waals surface area contributed by atoms with Gasteiger partial charge in [0.25, 0.3) is 5.91 Å². The topological polar surface area (TPSA) is 76.9 Å². The van der Waals surface area contributed by atoms with Crippen LogP contribution >= 0.6 is 11.6 Å². The highest BCUT2D eigenvalue weighted by atomic mass is 35.5. The van der Waals surface area contributed by atoms with Gasteiger partial charge in [-0.05, 0) is 55.0 Å². The molecule has 2 aromatic heterocycles. The van der Waals surface area contributed by atoms with E-state index in [-0.39, 0.29) is 18.2 Å². The number of aryl methyl sites for hydroxylation is 1. The van der Waals surface area contributed by atoms with Crippen LogP contribution in [0, 0.1) is 0 Å². The molecule has 0 aliphatic carbocycles. The van der Waals surface area contributed by atoms with E-state index in [0.29, 0.717) is 35.5 Å². The van der Waals surface area contributed by atoms with Crippen LogP contribution in [0.3, 0.4) is 0 Å².